The summed E-state index contributed by atoms with van der Waals surface area (Å²) in [4.78, 5) is 37.6. The first-order chi connectivity index (χ1) is 10.2. The number of nitrogens with zero attached hydrogens (tertiary/aromatic N) is 2. The molecule has 114 valence electrons. The van der Waals surface area contributed by atoms with E-state index in [9.17, 15) is 14.4 Å². The number of carbonyl (C=O) groups excluding carboxylic acids is 3. The molecule has 1 heterocycles. The van der Waals surface area contributed by atoms with E-state index < -0.39 is 10.8 Å². The maximum Gasteiger partial charge on any atom is 0.241 e. The van der Waals surface area contributed by atoms with Gasteiger partial charge in [-0.15, -0.1) is 0 Å². The highest BCUT2D eigenvalue weighted by Gasteiger charge is 2.61. The van der Waals surface area contributed by atoms with Crippen LogP contribution in [-0.2, 0) is 14.4 Å². The van der Waals surface area contributed by atoms with Crippen molar-refractivity contribution in [3.63, 3.8) is 0 Å². The third-order valence-electron chi connectivity index (χ3n) is 4.87. The molecule has 22 heavy (non-hydrogen) atoms. The van der Waals surface area contributed by atoms with Gasteiger partial charge in [0.15, 0.2) is 0 Å². The molecule has 2 amide bonds. The Morgan fingerprint density at radius 1 is 1.23 bits per heavy atom. The highest BCUT2D eigenvalue weighted by Crippen LogP contribution is 2.50. The van der Waals surface area contributed by atoms with Gasteiger partial charge in [-0.25, -0.2) is 4.90 Å². The molecule has 1 aromatic rings. The van der Waals surface area contributed by atoms with E-state index in [1.807, 2.05) is 0 Å². The van der Waals surface area contributed by atoms with Crippen molar-refractivity contribution in [3.8, 4) is 6.07 Å². The van der Waals surface area contributed by atoms with E-state index >= 15 is 0 Å². The average Bonchev–Trinajstić information content (AvgIpc) is 2.58. The van der Waals surface area contributed by atoms with Gasteiger partial charge in [-0.05, 0) is 51.5 Å². The number of aryl methyl sites for hydroxylation is 1. The predicted molar refractivity (Wildman–Crippen MR) is 81.0 cm³/mol. The second-order valence-corrected chi connectivity index (χ2v) is 6.38. The molecule has 0 spiro atoms. The van der Waals surface area contributed by atoms with Crippen molar-refractivity contribution >= 4 is 23.8 Å². The number of nitriles is 1. The van der Waals surface area contributed by atoms with Gasteiger partial charge in [-0.2, -0.15) is 5.26 Å². The van der Waals surface area contributed by atoms with Gasteiger partial charge in [0.25, 0.3) is 0 Å². The first kappa shape index (κ1) is 15.9. The minimum absolute atomic E-state index is 0.00364. The molecule has 5 nitrogen and oxygen atoms in total. The van der Waals surface area contributed by atoms with Crippen LogP contribution in [0.3, 0.4) is 0 Å². The Morgan fingerprint density at radius 2 is 1.86 bits per heavy atom. The zero-order valence-corrected chi connectivity index (χ0v) is 13.1. The zero-order valence-electron chi connectivity index (χ0n) is 13.1. The highest BCUT2D eigenvalue weighted by molar-refractivity contribution is 6.25. The monoisotopic (exact) mass is 298 g/mol. The molecule has 1 atom stereocenters. The lowest BCUT2D eigenvalue weighted by atomic mass is 9.67. The van der Waals surface area contributed by atoms with Crippen LogP contribution in [0.1, 0.15) is 38.3 Å². The summed E-state index contributed by atoms with van der Waals surface area (Å²) in [5.41, 5.74) is -0.394. The van der Waals surface area contributed by atoms with E-state index in [4.69, 9.17) is 5.26 Å². The standard InChI is InChI=1S/C17H18N2O3/c1-11-9-13(6-5-12(11)10-18)19-14(21)16(2,3)17(4,7-8-20)15(19)22/h5-6,8-9H,7H2,1-4H3. The number of anilines is 1. The Labute approximate surface area is 129 Å². The van der Waals surface area contributed by atoms with Crippen LogP contribution in [0.25, 0.3) is 0 Å². The normalized spacial score (nSPS) is 23.5. The Bertz CT molecular complexity index is 715. The van der Waals surface area contributed by atoms with Crippen LogP contribution in [0.15, 0.2) is 18.2 Å². The van der Waals surface area contributed by atoms with Gasteiger partial charge in [0, 0.05) is 6.42 Å². The van der Waals surface area contributed by atoms with E-state index in [0.29, 0.717) is 23.1 Å². The minimum atomic E-state index is -1.06. The Kier molecular flexibility index (Phi) is 3.66. The van der Waals surface area contributed by atoms with Crippen LogP contribution >= 0.6 is 0 Å². The predicted octanol–water partition coefficient (Wildman–Crippen LogP) is 2.36. The molecule has 0 bridgehead atoms. The number of rotatable bonds is 3. The molecular weight excluding hydrogens is 280 g/mol. The topological polar surface area (TPSA) is 78.2 Å². The molecule has 0 aliphatic carbocycles. The second kappa shape index (κ2) is 5.06. The maximum absolute atomic E-state index is 12.8. The van der Waals surface area contributed by atoms with Crippen molar-refractivity contribution in [2.45, 2.75) is 34.1 Å². The molecule has 2 rings (SSSR count). The summed E-state index contributed by atoms with van der Waals surface area (Å²) in [6.45, 7) is 6.78. The summed E-state index contributed by atoms with van der Waals surface area (Å²) in [6.07, 6.45) is 0.677. The van der Waals surface area contributed by atoms with Gasteiger partial charge in [-0.3, -0.25) is 9.59 Å². The van der Waals surface area contributed by atoms with Gasteiger partial charge in [-0.1, -0.05) is 0 Å². The van der Waals surface area contributed by atoms with Gasteiger partial charge in [0.05, 0.1) is 28.2 Å². The number of aldehydes is 1. The molecule has 0 radical (unpaired) electrons. The summed E-state index contributed by atoms with van der Waals surface area (Å²) in [5, 5.41) is 8.98. The average molecular weight is 298 g/mol. The third-order valence-corrected chi connectivity index (χ3v) is 4.87. The number of carbonyl (C=O) groups is 3. The summed E-state index contributed by atoms with van der Waals surface area (Å²) in [6, 6.07) is 6.88. The molecule has 1 aliphatic heterocycles. The van der Waals surface area contributed by atoms with E-state index in [-0.39, 0.29) is 18.2 Å². The molecule has 0 aromatic heterocycles. The zero-order chi connectivity index (χ0) is 16.7. The summed E-state index contributed by atoms with van der Waals surface area (Å²) in [7, 11) is 0. The fourth-order valence-corrected chi connectivity index (χ4v) is 2.78. The lowest BCUT2D eigenvalue weighted by Gasteiger charge is -2.30. The Balaban J connectivity index is 2.56. The summed E-state index contributed by atoms with van der Waals surface area (Å²) >= 11 is 0. The van der Waals surface area contributed by atoms with Crippen LogP contribution < -0.4 is 4.90 Å². The van der Waals surface area contributed by atoms with Crippen LogP contribution in [0.4, 0.5) is 5.69 Å². The van der Waals surface area contributed by atoms with Crippen molar-refractivity contribution in [3.05, 3.63) is 29.3 Å². The number of amides is 2. The van der Waals surface area contributed by atoms with Gasteiger partial charge in [0.2, 0.25) is 11.8 Å². The smallest absolute Gasteiger partial charge is 0.241 e. The highest BCUT2D eigenvalue weighted by atomic mass is 16.2. The van der Waals surface area contributed by atoms with E-state index in [1.165, 1.54) is 0 Å². The summed E-state index contributed by atoms with van der Waals surface area (Å²) in [5.74, 6) is -0.704. The maximum atomic E-state index is 12.8. The Hall–Kier alpha value is -2.48. The van der Waals surface area contributed by atoms with Crippen molar-refractivity contribution in [1.29, 1.82) is 5.26 Å². The van der Waals surface area contributed by atoms with Crippen molar-refractivity contribution < 1.29 is 14.4 Å². The van der Waals surface area contributed by atoms with Crippen molar-refractivity contribution in [1.82, 2.24) is 0 Å². The number of benzene rings is 1. The largest absolute Gasteiger partial charge is 0.303 e. The molecule has 1 aromatic carbocycles. The van der Waals surface area contributed by atoms with E-state index in [2.05, 4.69) is 6.07 Å². The SMILES string of the molecule is Cc1cc(N2C(=O)C(C)(C)C(C)(CC=O)C2=O)ccc1C#N. The molecule has 5 heteroatoms. The van der Waals surface area contributed by atoms with Crippen LogP contribution in [0, 0.1) is 29.1 Å². The Morgan fingerprint density at radius 3 is 2.36 bits per heavy atom. The first-order valence-corrected chi connectivity index (χ1v) is 7.04. The van der Waals surface area contributed by atoms with E-state index in [1.54, 1.807) is 45.9 Å². The molecular formula is C17H18N2O3. The number of hydrogen-bond donors (Lipinski definition) is 0. The molecule has 0 saturated carbocycles. The van der Waals surface area contributed by atoms with Crippen molar-refractivity contribution in [2.75, 3.05) is 4.90 Å². The van der Waals surface area contributed by atoms with E-state index in [0.717, 1.165) is 4.90 Å². The van der Waals surface area contributed by atoms with Crippen molar-refractivity contribution in [2.24, 2.45) is 10.8 Å². The first-order valence-electron chi connectivity index (χ1n) is 7.04. The summed E-state index contributed by atoms with van der Waals surface area (Å²) < 4.78 is 0. The quantitative estimate of drug-likeness (QED) is 0.634. The fraction of sp³-hybridized carbons (Fsp3) is 0.412. The molecule has 1 aliphatic rings. The molecule has 1 fully saturated rings. The fourth-order valence-electron chi connectivity index (χ4n) is 2.78. The molecule has 0 N–H and O–H groups in total. The van der Waals surface area contributed by atoms with Crippen LogP contribution in [-0.4, -0.2) is 18.1 Å². The number of imide groups is 1. The second-order valence-electron chi connectivity index (χ2n) is 6.38. The minimum Gasteiger partial charge on any atom is -0.303 e. The molecule has 1 unspecified atom stereocenters. The van der Waals surface area contributed by atoms with Crippen LogP contribution in [0.2, 0.25) is 0 Å². The van der Waals surface area contributed by atoms with Crippen LogP contribution in [0.5, 0.6) is 0 Å². The lowest BCUT2D eigenvalue weighted by molar-refractivity contribution is -0.133. The third kappa shape index (κ3) is 1.95. The van der Waals surface area contributed by atoms with Gasteiger partial charge < -0.3 is 4.79 Å². The van der Waals surface area contributed by atoms with Gasteiger partial charge in [0.1, 0.15) is 6.29 Å². The lowest BCUT2D eigenvalue weighted by Crippen LogP contribution is -2.38. The number of hydrogen-bond acceptors (Lipinski definition) is 4. The molecule has 1 saturated heterocycles. The van der Waals surface area contributed by atoms with Gasteiger partial charge >= 0.3 is 0 Å².